The molecular weight excluding hydrogens is 192 g/mol. The second kappa shape index (κ2) is 5.54. The molecule has 0 unspecified atom stereocenters. The first kappa shape index (κ1) is 13.7. The lowest BCUT2D eigenvalue weighted by atomic mass is 9.77. The summed E-state index contributed by atoms with van der Waals surface area (Å²) in [5.41, 5.74) is 0. The van der Waals surface area contributed by atoms with Crippen molar-refractivity contribution in [1.29, 1.82) is 0 Å². The van der Waals surface area contributed by atoms with Gasteiger partial charge < -0.3 is 4.43 Å². The molecule has 0 aliphatic heterocycles. The summed E-state index contributed by atoms with van der Waals surface area (Å²) in [5, 5.41) is 0.198. The van der Waals surface area contributed by atoms with Crippen LogP contribution in [-0.2, 0) is 9.22 Å². The van der Waals surface area contributed by atoms with Gasteiger partial charge in [0.05, 0.1) is 0 Å². The fraction of sp³-hybridized carbons (Fsp3) is 0.909. The number of carbonyl (C=O) groups excluding carboxylic acids is 1. The Morgan fingerprint density at radius 2 is 1.57 bits per heavy atom. The Kier molecular flexibility index (Phi) is 5.42. The third kappa shape index (κ3) is 3.82. The largest absolute Gasteiger partial charge is 0.527 e. The predicted octanol–water partition coefficient (Wildman–Crippen LogP) is 2.37. The molecular formula is C11H24O2Si. The summed E-state index contributed by atoms with van der Waals surface area (Å²) in [5.74, 6) is 1.93. The molecule has 0 fully saturated rings. The van der Waals surface area contributed by atoms with E-state index in [1.54, 1.807) is 0 Å². The Labute approximate surface area is 90.4 Å². The first-order valence-electron chi connectivity index (χ1n) is 5.38. The van der Waals surface area contributed by atoms with E-state index >= 15 is 0 Å². The van der Waals surface area contributed by atoms with Crippen LogP contribution in [0.5, 0.6) is 0 Å². The molecule has 0 saturated heterocycles. The van der Waals surface area contributed by atoms with Crippen LogP contribution in [0.2, 0.25) is 5.04 Å². The number of carbonyl (C=O) groups is 1. The van der Waals surface area contributed by atoms with Gasteiger partial charge in [-0.3, -0.25) is 4.79 Å². The lowest BCUT2D eigenvalue weighted by Crippen LogP contribution is -2.32. The van der Waals surface area contributed by atoms with E-state index < -0.39 is 9.76 Å². The van der Waals surface area contributed by atoms with E-state index in [2.05, 4.69) is 41.5 Å². The standard InChI is InChI=1S/C11H24O2Si/c1-8(2)10(9(3)4)11(5,6)14-13-7-12/h7-10H,14H2,1-6H3. The molecule has 0 radical (unpaired) electrons. The molecule has 0 aromatic rings. The van der Waals surface area contributed by atoms with Crippen molar-refractivity contribution in [2.45, 2.75) is 46.6 Å². The zero-order valence-corrected chi connectivity index (χ0v) is 11.7. The van der Waals surface area contributed by atoms with Gasteiger partial charge in [0.25, 0.3) is 6.47 Å². The number of hydrogen-bond acceptors (Lipinski definition) is 2. The summed E-state index contributed by atoms with van der Waals surface area (Å²) in [6.45, 7) is 14.1. The first-order valence-corrected chi connectivity index (χ1v) is 6.66. The quantitative estimate of drug-likeness (QED) is 0.503. The Morgan fingerprint density at radius 3 is 1.86 bits per heavy atom. The molecule has 3 heteroatoms. The van der Waals surface area contributed by atoms with Crippen LogP contribution in [0.1, 0.15) is 41.5 Å². The van der Waals surface area contributed by atoms with Crippen LogP contribution in [0.4, 0.5) is 0 Å². The SMILES string of the molecule is CC(C)C(C(C)C)C(C)(C)[SiH2]OC=O. The van der Waals surface area contributed by atoms with Crippen LogP contribution < -0.4 is 0 Å². The summed E-state index contributed by atoms with van der Waals surface area (Å²) in [6, 6.07) is 0. The van der Waals surface area contributed by atoms with Gasteiger partial charge in [0.2, 0.25) is 9.76 Å². The second-order valence-electron chi connectivity index (χ2n) is 5.41. The maximum atomic E-state index is 10.2. The average molecular weight is 216 g/mol. The van der Waals surface area contributed by atoms with Gasteiger partial charge in [-0.2, -0.15) is 0 Å². The molecule has 0 bridgehead atoms. The van der Waals surface area contributed by atoms with Gasteiger partial charge in [-0.05, 0) is 22.8 Å². The van der Waals surface area contributed by atoms with Gasteiger partial charge in [0, 0.05) is 0 Å². The summed E-state index contributed by atoms with van der Waals surface area (Å²) < 4.78 is 5.04. The minimum atomic E-state index is -0.762. The third-order valence-electron chi connectivity index (χ3n) is 2.86. The molecule has 0 N–H and O–H groups in total. The molecule has 14 heavy (non-hydrogen) atoms. The van der Waals surface area contributed by atoms with Gasteiger partial charge in [-0.25, -0.2) is 0 Å². The Bertz CT molecular complexity index is 168. The highest BCUT2D eigenvalue weighted by molar-refractivity contribution is 6.34. The predicted molar refractivity (Wildman–Crippen MR) is 62.9 cm³/mol. The summed E-state index contributed by atoms with van der Waals surface area (Å²) >= 11 is 0. The molecule has 2 nitrogen and oxygen atoms in total. The van der Waals surface area contributed by atoms with Gasteiger partial charge in [0.1, 0.15) is 0 Å². The fourth-order valence-electron chi connectivity index (χ4n) is 2.92. The van der Waals surface area contributed by atoms with E-state index in [1.165, 1.54) is 0 Å². The normalized spacial score (nSPS) is 13.5. The highest BCUT2D eigenvalue weighted by Gasteiger charge is 2.35. The smallest absolute Gasteiger partial charge is 0.279 e. The van der Waals surface area contributed by atoms with Gasteiger partial charge in [-0.1, -0.05) is 41.5 Å². The van der Waals surface area contributed by atoms with Crippen LogP contribution in [0.15, 0.2) is 0 Å². The molecule has 0 saturated carbocycles. The van der Waals surface area contributed by atoms with Gasteiger partial charge in [-0.15, -0.1) is 0 Å². The minimum Gasteiger partial charge on any atom is -0.527 e. The molecule has 84 valence electrons. The maximum Gasteiger partial charge on any atom is 0.279 e. The van der Waals surface area contributed by atoms with Crippen LogP contribution in [0.25, 0.3) is 0 Å². The average Bonchev–Trinajstić information content (AvgIpc) is 1.98. The summed E-state index contributed by atoms with van der Waals surface area (Å²) in [4.78, 5) is 10.2. The van der Waals surface area contributed by atoms with Crippen LogP contribution in [0.3, 0.4) is 0 Å². The lowest BCUT2D eigenvalue weighted by Gasteiger charge is -2.38. The minimum absolute atomic E-state index is 0.198. The molecule has 0 heterocycles. The monoisotopic (exact) mass is 216 g/mol. The molecule has 0 aromatic heterocycles. The lowest BCUT2D eigenvalue weighted by molar-refractivity contribution is -0.121. The second-order valence-corrected chi connectivity index (χ2v) is 7.85. The molecule has 0 aliphatic carbocycles. The first-order chi connectivity index (χ1) is 6.33. The van der Waals surface area contributed by atoms with E-state index in [4.69, 9.17) is 4.43 Å². The van der Waals surface area contributed by atoms with Gasteiger partial charge >= 0.3 is 0 Å². The van der Waals surface area contributed by atoms with Crippen LogP contribution >= 0.6 is 0 Å². The van der Waals surface area contributed by atoms with E-state index in [9.17, 15) is 4.79 Å². The van der Waals surface area contributed by atoms with Crippen molar-refractivity contribution in [1.82, 2.24) is 0 Å². The molecule has 0 aromatic carbocycles. The van der Waals surface area contributed by atoms with E-state index in [0.29, 0.717) is 24.2 Å². The Morgan fingerprint density at radius 1 is 1.14 bits per heavy atom. The zero-order chi connectivity index (χ0) is 11.4. The highest BCUT2D eigenvalue weighted by atomic mass is 28.2. The third-order valence-corrected chi connectivity index (χ3v) is 4.38. The van der Waals surface area contributed by atoms with Gasteiger partial charge in [0.15, 0.2) is 0 Å². The van der Waals surface area contributed by atoms with E-state index in [1.807, 2.05) is 0 Å². The Balaban J connectivity index is 4.53. The van der Waals surface area contributed by atoms with Crippen molar-refractivity contribution >= 4 is 16.2 Å². The van der Waals surface area contributed by atoms with Crippen molar-refractivity contribution in [3.8, 4) is 0 Å². The fourth-order valence-corrected chi connectivity index (χ4v) is 4.55. The number of rotatable bonds is 6. The molecule has 0 rings (SSSR count). The molecule has 0 atom stereocenters. The summed E-state index contributed by atoms with van der Waals surface area (Å²) in [7, 11) is -0.762. The van der Waals surface area contributed by atoms with Crippen molar-refractivity contribution < 1.29 is 9.22 Å². The highest BCUT2D eigenvalue weighted by Crippen LogP contribution is 2.42. The van der Waals surface area contributed by atoms with E-state index in [0.717, 1.165) is 0 Å². The zero-order valence-electron chi connectivity index (χ0n) is 10.3. The Hall–Kier alpha value is -0.313. The molecule has 0 amide bonds. The van der Waals surface area contributed by atoms with Crippen LogP contribution in [-0.4, -0.2) is 16.2 Å². The van der Waals surface area contributed by atoms with Crippen LogP contribution in [0, 0.1) is 17.8 Å². The van der Waals surface area contributed by atoms with Crippen molar-refractivity contribution in [3.63, 3.8) is 0 Å². The summed E-state index contributed by atoms with van der Waals surface area (Å²) in [6.07, 6.45) is 0. The number of hydrogen-bond donors (Lipinski definition) is 0. The molecule has 0 aliphatic rings. The van der Waals surface area contributed by atoms with E-state index in [-0.39, 0.29) is 5.04 Å². The molecule has 0 spiro atoms. The van der Waals surface area contributed by atoms with Crippen molar-refractivity contribution in [3.05, 3.63) is 0 Å². The van der Waals surface area contributed by atoms with Crippen molar-refractivity contribution in [2.75, 3.05) is 0 Å². The maximum absolute atomic E-state index is 10.2. The van der Waals surface area contributed by atoms with Crippen molar-refractivity contribution in [2.24, 2.45) is 17.8 Å². The topological polar surface area (TPSA) is 26.3 Å².